The van der Waals surface area contributed by atoms with Gasteiger partial charge in [0.15, 0.2) is 6.61 Å². The number of amides is 1. The van der Waals surface area contributed by atoms with Crippen LogP contribution in [-0.4, -0.2) is 41.5 Å². The van der Waals surface area contributed by atoms with Crippen LogP contribution in [0.15, 0.2) is 30.5 Å². The molecule has 1 fully saturated rings. The predicted octanol–water partition coefficient (Wildman–Crippen LogP) is 1.48. The van der Waals surface area contributed by atoms with Gasteiger partial charge in [-0.25, -0.2) is 0 Å². The smallest absolute Gasteiger partial charge is 0.260 e. The number of hydrogen-bond acceptors (Lipinski definition) is 4. The molecule has 110 valence electrons. The largest absolute Gasteiger partial charge is 0.483 e. The summed E-state index contributed by atoms with van der Waals surface area (Å²) in [5.74, 6) is 0.678. The van der Waals surface area contributed by atoms with Crippen molar-refractivity contribution in [2.45, 2.75) is 19.4 Å². The van der Waals surface area contributed by atoms with E-state index in [9.17, 15) is 4.79 Å². The lowest BCUT2D eigenvalue weighted by molar-refractivity contribution is -0.132. The summed E-state index contributed by atoms with van der Waals surface area (Å²) in [7, 11) is 0. The van der Waals surface area contributed by atoms with Gasteiger partial charge < -0.3 is 15.4 Å². The number of carbonyl (C=O) groups excluding carboxylic acids is 1. The van der Waals surface area contributed by atoms with Crippen LogP contribution in [0.2, 0.25) is 0 Å². The Balaban J connectivity index is 1.72. The maximum Gasteiger partial charge on any atom is 0.260 e. The molecular formula is C16H19N3O2. The third-order valence-electron chi connectivity index (χ3n) is 3.79. The van der Waals surface area contributed by atoms with Gasteiger partial charge in [0.05, 0.1) is 5.52 Å². The average molecular weight is 285 g/mol. The molecule has 1 atom stereocenters. The molecular weight excluding hydrogens is 266 g/mol. The monoisotopic (exact) mass is 285 g/mol. The summed E-state index contributed by atoms with van der Waals surface area (Å²) in [6.45, 7) is 3.41. The van der Waals surface area contributed by atoms with Crippen molar-refractivity contribution in [3.05, 3.63) is 36.0 Å². The van der Waals surface area contributed by atoms with Crippen LogP contribution in [0.5, 0.6) is 5.75 Å². The minimum absolute atomic E-state index is 0.0139. The van der Waals surface area contributed by atoms with Crippen molar-refractivity contribution >= 4 is 16.8 Å². The summed E-state index contributed by atoms with van der Waals surface area (Å²) in [6, 6.07) is 7.88. The van der Waals surface area contributed by atoms with Crippen LogP contribution in [0.1, 0.15) is 12.0 Å². The fraction of sp³-hybridized carbons (Fsp3) is 0.375. The Labute approximate surface area is 123 Å². The van der Waals surface area contributed by atoms with E-state index in [-0.39, 0.29) is 18.6 Å². The van der Waals surface area contributed by atoms with Crippen LogP contribution in [0.3, 0.4) is 0 Å². The number of nitrogens with two attached hydrogens (primary N) is 1. The highest BCUT2D eigenvalue weighted by molar-refractivity contribution is 5.86. The number of hydrogen-bond donors (Lipinski definition) is 1. The van der Waals surface area contributed by atoms with Crippen molar-refractivity contribution in [1.29, 1.82) is 0 Å². The van der Waals surface area contributed by atoms with Crippen molar-refractivity contribution in [3.63, 3.8) is 0 Å². The van der Waals surface area contributed by atoms with Gasteiger partial charge in [0.1, 0.15) is 5.75 Å². The first-order chi connectivity index (χ1) is 10.1. The number of aromatic nitrogens is 1. The molecule has 1 amide bonds. The summed E-state index contributed by atoms with van der Waals surface area (Å²) in [4.78, 5) is 18.2. The predicted molar refractivity (Wildman–Crippen MR) is 81.1 cm³/mol. The lowest BCUT2D eigenvalue weighted by atomic mass is 10.1. The van der Waals surface area contributed by atoms with Gasteiger partial charge in [-0.2, -0.15) is 0 Å². The van der Waals surface area contributed by atoms with E-state index < -0.39 is 0 Å². The Morgan fingerprint density at radius 3 is 3.10 bits per heavy atom. The highest BCUT2D eigenvalue weighted by atomic mass is 16.5. The third kappa shape index (κ3) is 2.97. The Kier molecular flexibility index (Phi) is 3.75. The number of nitrogens with zero attached hydrogens (tertiary/aromatic N) is 2. The molecule has 3 rings (SSSR count). The van der Waals surface area contributed by atoms with Crippen molar-refractivity contribution in [3.8, 4) is 5.75 Å². The number of carbonyl (C=O) groups is 1. The second-order valence-electron chi connectivity index (χ2n) is 5.51. The second-order valence-corrected chi connectivity index (χ2v) is 5.51. The normalized spacial score (nSPS) is 18.2. The zero-order valence-corrected chi connectivity index (χ0v) is 12.1. The van der Waals surface area contributed by atoms with E-state index in [0.29, 0.717) is 12.3 Å². The molecule has 2 N–H and O–H groups in total. The highest BCUT2D eigenvalue weighted by Gasteiger charge is 2.23. The highest BCUT2D eigenvalue weighted by Crippen LogP contribution is 2.24. The van der Waals surface area contributed by atoms with E-state index in [0.717, 1.165) is 29.4 Å². The van der Waals surface area contributed by atoms with E-state index in [1.54, 1.807) is 17.2 Å². The lowest BCUT2D eigenvalue weighted by Crippen LogP contribution is -2.35. The van der Waals surface area contributed by atoms with Gasteiger partial charge >= 0.3 is 0 Å². The van der Waals surface area contributed by atoms with Crippen molar-refractivity contribution < 1.29 is 9.53 Å². The molecule has 0 bridgehead atoms. The number of pyridine rings is 1. The quantitative estimate of drug-likeness (QED) is 0.927. The van der Waals surface area contributed by atoms with E-state index in [1.807, 2.05) is 25.1 Å². The maximum absolute atomic E-state index is 12.1. The van der Waals surface area contributed by atoms with Gasteiger partial charge in [-0.05, 0) is 37.1 Å². The summed E-state index contributed by atoms with van der Waals surface area (Å²) in [6.07, 6.45) is 2.57. The zero-order chi connectivity index (χ0) is 14.8. The standard InChI is InChI=1S/C16H19N3O2/c1-11-2-3-13-14(8-11)18-6-4-15(13)21-10-16(20)19-7-5-12(17)9-19/h2-4,6,8,12H,5,7,9-10,17H2,1H3/t12-/m0/s1. The van der Waals surface area contributed by atoms with Crippen LogP contribution in [0, 0.1) is 6.92 Å². The molecule has 2 heterocycles. The molecule has 1 aliphatic heterocycles. The summed E-state index contributed by atoms with van der Waals surface area (Å²) in [5.41, 5.74) is 7.84. The topological polar surface area (TPSA) is 68.5 Å². The van der Waals surface area contributed by atoms with E-state index in [1.165, 1.54) is 0 Å². The molecule has 5 nitrogen and oxygen atoms in total. The van der Waals surface area contributed by atoms with Gasteiger partial charge in [0.25, 0.3) is 5.91 Å². The van der Waals surface area contributed by atoms with Crippen molar-refractivity contribution in [1.82, 2.24) is 9.88 Å². The second kappa shape index (κ2) is 5.69. The number of aryl methyl sites for hydroxylation is 1. The van der Waals surface area contributed by atoms with Gasteiger partial charge in [0.2, 0.25) is 0 Å². The van der Waals surface area contributed by atoms with E-state index in [2.05, 4.69) is 4.98 Å². The summed E-state index contributed by atoms with van der Waals surface area (Å²) >= 11 is 0. The minimum atomic E-state index is -0.0139. The number of fused-ring (bicyclic) bond motifs is 1. The van der Waals surface area contributed by atoms with E-state index in [4.69, 9.17) is 10.5 Å². The minimum Gasteiger partial charge on any atom is -0.483 e. The third-order valence-corrected chi connectivity index (χ3v) is 3.79. The molecule has 5 heteroatoms. The van der Waals surface area contributed by atoms with Crippen LogP contribution in [0.25, 0.3) is 10.9 Å². The van der Waals surface area contributed by atoms with Gasteiger partial charge in [0, 0.05) is 30.7 Å². The summed E-state index contributed by atoms with van der Waals surface area (Å²) in [5, 5.41) is 0.925. The molecule has 0 radical (unpaired) electrons. The fourth-order valence-electron chi connectivity index (χ4n) is 2.60. The summed E-state index contributed by atoms with van der Waals surface area (Å²) < 4.78 is 5.70. The molecule has 21 heavy (non-hydrogen) atoms. The Morgan fingerprint density at radius 1 is 1.48 bits per heavy atom. The Bertz CT molecular complexity index is 672. The lowest BCUT2D eigenvalue weighted by Gasteiger charge is -2.16. The van der Waals surface area contributed by atoms with Crippen LogP contribution < -0.4 is 10.5 Å². The first-order valence-corrected chi connectivity index (χ1v) is 7.15. The molecule has 0 aliphatic carbocycles. The number of rotatable bonds is 3. The van der Waals surface area contributed by atoms with Crippen LogP contribution >= 0.6 is 0 Å². The molecule has 1 aliphatic rings. The first-order valence-electron chi connectivity index (χ1n) is 7.15. The molecule has 0 unspecified atom stereocenters. The molecule has 2 aromatic rings. The Hall–Kier alpha value is -2.14. The van der Waals surface area contributed by atoms with Crippen LogP contribution in [-0.2, 0) is 4.79 Å². The molecule has 0 saturated carbocycles. The molecule has 1 saturated heterocycles. The number of likely N-dealkylation sites (tertiary alicyclic amines) is 1. The maximum atomic E-state index is 12.1. The Morgan fingerprint density at radius 2 is 2.33 bits per heavy atom. The number of benzene rings is 1. The first kappa shape index (κ1) is 13.8. The van der Waals surface area contributed by atoms with Gasteiger partial charge in [-0.3, -0.25) is 9.78 Å². The van der Waals surface area contributed by atoms with Gasteiger partial charge in [-0.15, -0.1) is 0 Å². The molecule has 1 aromatic carbocycles. The average Bonchev–Trinajstić information content (AvgIpc) is 2.91. The number of ether oxygens (including phenoxy) is 1. The van der Waals surface area contributed by atoms with Crippen molar-refractivity contribution in [2.75, 3.05) is 19.7 Å². The molecule has 1 aromatic heterocycles. The SMILES string of the molecule is Cc1ccc2c(OCC(=O)N3CC[C@H](N)C3)ccnc2c1. The zero-order valence-electron chi connectivity index (χ0n) is 12.1. The fourth-order valence-corrected chi connectivity index (χ4v) is 2.60. The van der Waals surface area contributed by atoms with Crippen LogP contribution in [0.4, 0.5) is 0 Å². The van der Waals surface area contributed by atoms with Crippen molar-refractivity contribution in [2.24, 2.45) is 5.73 Å². The van der Waals surface area contributed by atoms with Gasteiger partial charge in [-0.1, -0.05) is 6.07 Å². The molecule has 0 spiro atoms. The van der Waals surface area contributed by atoms with E-state index >= 15 is 0 Å².